The molecule has 20 heavy (non-hydrogen) atoms. The van der Waals surface area contributed by atoms with E-state index < -0.39 is 0 Å². The van der Waals surface area contributed by atoms with Crippen molar-refractivity contribution in [3.05, 3.63) is 41.6 Å². The van der Waals surface area contributed by atoms with Crippen LogP contribution in [0.1, 0.15) is 19.8 Å². The molecule has 2 aromatic rings. The third-order valence-electron chi connectivity index (χ3n) is 3.69. The Labute approximate surface area is 124 Å². The van der Waals surface area contributed by atoms with Gasteiger partial charge in [0.1, 0.15) is 11.0 Å². The number of hydrogen-bond donors (Lipinski definition) is 0. The lowest BCUT2D eigenvalue weighted by Crippen LogP contribution is -2.34. The van der Waals surface area contributed by atoms with Crippen LogP contribution in [-0.4, -0.2) is 23.1 Å². The van der Waals surface area contributed by atoms with Crippen molar-refractivity contribution in [1.29, 1.82) is 0 Å². The van der Waals surface area contributed by atoms with Gasteiger partial charge >= 0.3 is 0 Å². The minimum Gasteiger partial charge on any atom is -0.356 e. The summed E-state index contributed by atoms with van der Waals surface area (Å²) in [5.74, 6) is 2.35. The van der Waals surface area contributed by atoms with Gasteiger partial charge in [-0.2, -0.15) is 0 Å². The molecule has 0 aliphatic carbocycles. The zero-order chi connectivity index (χ0) is 13.9. The topological polar surface area (TPSA) is 29.0 Å². The first-order valence-electron chi connectivity index (χ1n) is 7.07. The van der Waals surface area contributed by atoms with Gasteiger partial charge in [0.25, 0.3) is 0 Å². The summed E-state index contributed by atoms with van der Waals surface area (Å²) >= 11 is 6.18. The van der Waals surface area contributed by atoms with E-state index in [2.05, 4.69) is 16.8 Å². The third-order valence-corrected chi connectivity index (χ3v) is 3.89. The summed E-state index contributed by atoms with van der Waals surface area (Å²) in [7, 11) is 0. The van der Waals surface area contributed by atoms with Crippen molar-refractivity contribution in [3.8, 4) is 11.4 Å². The second kappa shape index (κ2) is 5.80. The van der Waals surface area contributed by atoms with Crippen LogP contribution in [0.2, 0.25) is 5.15 Å². The molecule has 0 bridgehead atoms. The number of halogens is 1. The molecule has 104 valence electrons. The van der Waals surface area contributed by atoms with E-state index in [0.29, 0.717) is 16.9 Å². The fourth-order valence-corrected chi connectivity index (χ4v) is 2.86. The molecule has 4 heteroatoms. The zero-order valence-corrected chi connectivity index (χ0v) is 12.3. The van der Waals surface area contributed by atoms with Crippen molar-refractivity contribution >= 4 is 17.4 Å². The molecule has 1 aliphatic rings. The Hall–Kier alpha value is -1.61. The summed E-state index contributed by atoms with van der Waals surface area (Å²) in [6, 6.07) is 11.8. The number of rotatable bonds is 2. The van der Waals surface area contributed by atoms with Crippen LogP contribution < -0.4 is 4.90 Å². The van der Waals surface area contributed by atoms with Gasteiger partial charge in [-0.15, -0.1) is 0 Å². The molecule has 3 rings (SSSR count). The van der Waals surface area contributed by atoms with Crippen LogP contribution in [0.25, 0.3) is 11.4 Å². The molecular formula is C16H18ClN3. The number of hydrogen-bond acceptors (Lipinski definition) is 3. The van der Waals surface area contributed by atoms with E-state index in [9.17, 15) is 0 Å². The zero-order valence-electron chi connectivity index (χ0n) is 11.6. The first kappa shape index (κ1) is 13.4. The van der Waals surface area contributed by atoms with E-state index in [-0.39, 0.29) is 0 Å². The van der Waals surface area contributed by atoms with Gasteiger partial charge in [0, 0.05) is 24.7 Å². The second-order valence-electron chi connectivity index (χ2n) is 5.43. The van der Waals surface area contributed by atoms with Crippen LogP contribution >= 0.6 is 11.6 Å². The maximum atomic E-state index is 6.18. The first-order chi connectivity index (χ1) is 9.72. The van der Waals surface area contributed by atoms with Crippen molar-refractivity contribution in [2.45, 2.75) is 19.8 Å². The van der Waals surface area contributed by atoms with Gasteiger partial charge in [0.2, 0.25) is 0 Å². The Morgan fingerprint density at radius 1 is 1.20 bits per heavy atom. The third kappa shape index (κ3) is 2.93. The molecule has 1 saturated heterocycles. The summed E-state index contributed by atoms with van der Waals surface area (Å²) in [4.78, 5) is 11.4. The molecule has 1 aromatic carbocycles. The smallest absolute Gasteiger partial charge is 0.163 e. The Morgan fingerprint density at radius 2 is 2.00 bits per heavy atom. The fourth-order valence-electron chi connectivity index (χ4n) is 2.68. The van der Waals surface area contributed by atoms with Crippen LogP contribution in [-0.2, 0) is 0 Å². The predicted molar refractivity (Wildman–Crippen MR) is 83.1 cm³/mol. The van der Waals surface area contributed by atoms with Crippen LogP contribution in [0, 0.1) is 5.92 Å². The largest absolute Gasteiger partial charge is 0.356 e. The molecular weight excluding hydrogens is 270 g/mol. The normalized spacial score (nSPS) is 19.1. The van der Waals surface area contributed by atoms with E-state index in [1.807, 2.05) is 36.4 Å². The monoisotopic (exact) mass is 287 g/mol. The minimum atomic E-state index is 0.507. The van der Waals surface area contributed by atoms with Crippen molar-refractivity contribution < 1.29 is 0 Å². The molecule has 0 saturated carbocycles. The number of benzene rings is 1. The van der Waals surface area contributed by atoms with Crippen molar-refractivity contribution in [1.82, 2.24) is 9.97 Å². The SMILES string of the molecule is CC1CCCN(c2cc(Cl)nc(-c3ccccc3)n2)C1. The van der Waals surface area contributed by atoms with Crippen molar-refractivity contribution in [3.63, 3.8) is 0 Å². The second-order valence-corrected chi connectivity index (χ2v) is 5.82. The first-order valence-corrected chi connectivity index (χ1v) is 7.45. The molecule has 3 nitrogen and oxygen atoms in total. The molecule has 1 aliphatic heterocycles. The standard InChI is InChI=1S/C16H18ClN3/c1-12-6-5-9-20(11-12)15-10-14(17)18-16(19-15)13-7-3-2-4-8-13/h2-4,7-8,10,12H,5-6,9,11H2,1H3. The van der Waals surface area contributed by atoms with Gasteiger partial charge in [0.05, 0.1) is 0 Å². The van der Waals surface area contributed by atoms with Crippen LogP contribution in [0.4, 0.5) is 5.82 Å². The molecule has 0 N–H and O–H groups in total. The number of nitrogens with zero attached hydrogens (tertiary/aromatic N) is 3. The number of aromatic nitrogens is 2. The quantitative estimate of drug-likeness (QED) is 0.781. The van der Waals surface area contributed by atoms with Gasteiger partial charge in [-0.05, 0) is 18.8 Å². The lowest BCUT2D eigenvalue weighted by molar-refractivity contribution is 0.444. The minimum absolute atomic E-state index is 0.507. The molecule has 1 aromatic heterocycles. The Balaban J connectivity index is 1.94. The van der Waals surface area contributed by atoms with E-state index >= 15 is 0 Å². The Kier molecular flexibility index (Phi) is 3.88. The van der Waals surface area contributed by atoms with Gasteiger partial charge in [0.15, 0.2) is 5.82 Å². The molecule has 0 amide bonds. The van der Waals surface area contributed by atoms with Gasteiger partial charge in [-0.25, -0.2) is 9.97 Å². The van der Waals surface area contributed by atoms with Gasteiger partial charge < -0.3 is 4.90 Å². The van der Waals surface area contributed by atoms with Gasteiger partial charge in [-0.1, -0.05) is 48.9 Å². The van der Waals surface area contributed by atoms with E-state index in [0.717, 1.165) is 24.5 Å². The summed E-state index contributed by atoms with van der Waals surface area (Å²) in [6.45, 7) is 4.38. The Bertz CT molecular complexity index is 586. The van der Waals surface area contributed by atoms with E-state index in [4.69, 9.17) is 16.6 Å². The van der Waals surface area contributed by atoms with Gasteiger partial charge in [-0.3, -0.25) is 0 Å². The highest BCUT2D eigenvalue weighted by Crippen LogP contribution is 2.26. The Morgan fingerprint density at radius 3 is 2.75 bits per heavy atom. The summed E-state index contributed by atoms with van der Waals surface area (Å²) in [6.07, 6.45) is 2.50. The van der Waals surface area contributed by atoms with E-state index in [1.165, 1.54) is 12.8 Å². The van der Waals surface area contributed by atoms with Crippen molar-refractivity contribution in [2.75, 3.05) is 18.0 Å². The lowest BCUT2D eigenvalue weighted by Gasteiger charge is -2.32. The molecule has 1 fully saturated rings. The lowest BCUT2D eigenvalue weighted by atomic mass is 10.0. The highest BCUT2D eigenvalue weighted by Gasteiger charge is 2.19. The summed E-state index contributed by atoms with van der Waals surface area (Å²) < 4.78 is 0. The average molecular weight is 288 g/mol. The highest BCUT2D eigenvalue weighted by atomic mass is 35.5. The average Bonchev–Trinajstić information content (AvgIpc) is 2.47. The maximum Gasteiger partial charge on any atom is 0.163 e. The molecule has 1 unspecified atom stereocenters. The van der Waals surface area contributed by atoms with Crippen LogP contribution in [0.5, 0.6) is 0 Å². The van der Waals surface area contributed by atoms with Crippen LogP contribution in [0.3, 0.4) is 0 Å². The summed E-state index contributed by atoms with van der Waals surface area (Å²) in [5, 5.41) is 0.507. The summed E-state index contributed by atoms with van der Waals surface area (Å²) in [5.41, 5.74) is 1.00. The number of anilines is 1. The van der Waals surface area contributed by atoms with E-state index in [1.54, 1.807) is 0 Å². The highest BCUT2D eigenvalue weighted by molar-refractivity contribution is 6.29. The fraction of sp³-hybridized carbons (Fsp3) is 0.375. The molecule has 0 spiro atoms. The molecule has 0 radical (unpaired) electrons. The number of piperidine rings is 1. The molecule has 2 heterocycles. The maximum absolute atomic E-state index is 6.18. The van der Waals surface area contributed by atoms with Crippen LogP contribution in [0.15, 0.2) is 36.4 Å². The molecule has 1 atom stereocenters. The van der Waals surface area contributed by atoms with Crippen molar-refractivity contribution in [2.24, 2.45) is 5.92 Å². The predicted octanol–water partition coefficient (Wildman–Crippen LogP) is 4.03.